The normalized spacial score (nSPS) is 18.0. The van der Waals surface area contributed by atoms with Crippen molar-refractivity contribution in [3.05, 3.63) is 29.8 Å². The largest absolute Gasteiger partial charge is 0.372 e. The van der Waals surface area contributed by atoms with Gasteiger partial charge in [0.05, 0.1) is 6.54 Å². The lowest BCUT2D eigenvalue weighted by Crippen LogP contribution is -2.38. The summed E-state index contributed by atoms with van der Waals surface area (Å²) in [6, 6.07) is 8.53. The second-order valence-corrected chi connectivity index (χ2v) is 8.45. The number of hydrogen-bond donors (Lipinski definition) is 1. The molecule has 1 heterocycles. The van der Waals surface area contributed by atoms with Gasteiger partial charge in [0.15, 0.2) is 0 Å². The van der Waals surface area contributed by atoms with Crippen molar-refractivity contribution in [1.29, 1.82) is 0 Å². The first-order chi connectivity index (χ1) is 13.6. The minimum Gasteiger partial charge on any atom is -0.372 e. The Labute approximate surface area is 169 Å². The summed E-state index contributed by atoms with van der Waals surface area (Å²) < 4.78 is 0. The topological polar surface area (TPSA) is 52.6 Å². The van der Waals surface area contributed by atoms with Crippen LogP contribution in [0.5, 0.6) is 0 Å². The SMILES string of the molecule is CN(Cc1ccc(N2CCCCC2)cc1)C(=O)CNC(=O)CC1CCCCC1. The number of rotatable bonds is 7. The average Bonchev–Trinajstić information content (AvgIpc) is 2.74. The van der Waals surface area contributed by atoms with Crippen LogP contribution in [0, 0.1) is 5.92 Å². The molecular weight excluding hydrogens is 350 g/mol. The summed E-state index contributed by atoms with van der Waals surface area (Å²) in [5.74, 6) is 0.469. The Morgan fingerprint density at radius 3 is 2.32 bits per heavy atom. The van der Waals surface area contributed by atoms with Gasteiger partial charge in [0.1, 0.15) is 0 Å². The molecule has 2 fully saturated rings. The van der Waals surface area contributed by atoms with Crippen LogP contribution in [0.25, 0.3) is 0 Å². The smallest absolute Gasteiger partial charge is 0.242 e. The van der Waals surface area contributed by atoms with Crippen LogP contribution in [0.4, 0.5) is 5.69 Å². The zero-order chi connectivity index (χ0) is 19.8. The van der Waals surface area contributed by atoms with E-state index in [0.717, 1.165) is 31.5 Å². The van der Waals surface area contributed by atoms with Crippen LogP contribution in [0.2, 0.25) is 0 Å². The van der Waals surface area contributed by atoms with Gasteiger partial charge in [0.2, 0.25) is 11.8 Å². The fraction of sp³-hybridized carbons (Fsp3) is 0.652. The van der Waals surface area contributed by atoms with E-state index in [-0.39, 0.29) is 18.4 Å². The first kappa shape index (κ1) is 20.7. The molecule has 0 atom stereocenters. The maximum atomic E-state index is 12.4. The van der Waals surface area contributed by atoms with Gasteiger partial charge >= 0.3 is 0 Å². The summed E-state index contributed by atoms with van der Waals surface area (Å²) in [4.78, 5) is 28.6. The highest BCUT2D eigenvalue weighted by Gasteiger charge is 2.18. The lowest BCUT2D eigenvalue weighted by molar-refractivity contribution is -0.132. The van der Waals surface area contributed by atoms with Crippen molar-refractivity contribution < 1.29 is 9.59 Å². The highest BCUT2D eigenvalue weighted by molar-refractivity contribution is 5.84. The zero-order valence-corrected chi connectivity index (χ0v) is 17.3. The van der Waals surface area contributed by atoms with Gasteiger partial charge in [0, 0.05) is 38.8 Å². The number of anilines is 1. The Hall–Kier alpha value is -2.04. The molecule has 0 radical (unpaired) electrons. The molecule has 1 aromatic rings. The molecule has 154 valence electrons. The Morgan fingerprint density at radius 2 is 1.64 bits per heavy atom. The molecular formula is C23H35N3O2. The van der Waals surface area contributed by atoms with Crippen molar-refractivity contribution in [2.75, 3.05) is 31.6 Å². The van der Waals surface area contributed by atoms with Crippen LogP contribution < -0.4 is 10.2 Å². The molecule has 1 saturated heterocycles. The van der Waals surface area contributed by atoms with Crippen molar-refractivity contribution in [1.82, 2.24) is 10.2 Å². The third kappa shape index (κ3) is 6.25. The molecule has 1 saturated carbocycles. The van der Waals surface area contributed by atoms with Crippen LogP contribution in [-0.4, -0.2) is 43.4 Å². The van der Waals surface area contributed by atoms with Gasteiger partial charge in [0.25, 0.3) is 0 Å². The third-order valence-electron chi connectivity index (χ3n) is 6.14. The molecule has 1 aromatic carbocycles. The molecule has 0 aromatic heterocycles. The average molecular weight is 386 g/mol. The van der Waals surface area contributed by atoms with Gasteiger partial charge in [-0.3, -0.25) is 9.59 Å². The van der Waals surface area contributed by atoms with Crippen LogP contribution in [-0.2, 0) is 16.1 Å². The van der Waals surface area contributed by atoms with Gasteiger partial charge in [-0.05, 0) is 55.7 Å². The second-order valence-electron chi connectivity index (χ2n) is 8.45. The summed E-state index contributed by atoms with van der Waals surface area (Å²) in [6.07, 6.45) is 10.5. The summed E-state index contributed by atoms with van der Waals surface area (Å²) >= 11 is 0. The van der Waals surface area contributed by atoms with E-state index in [1.165, 1.54) is 44.2 Å². The first-order valence-corrected chi connectivity index (χ1v) is 11.0. The molecule has 5 nitrogen and oxygen atoms in total. The van der Waals surface area contributed by atoms with E-state index in [1.807, 2.05) is 0 Å². The minimum absolute atomic E-state index is 0.0135. The van der Waals surface area contributed by atoms with Crippen molar-refractivity contribution >= 4 is 17.5 Å². The Balaban J connectivity index is 1.40. The molecule has 1 N–H and O–H groups in total. The van der Waals surface area contributed by atoms with Gasteiger partial charge in [-0.1, -0.05) is 31.4 Å². The third-order valence-corrected chi connectivity index (χ3v) is 6.14. The predicted molar refractivity (Wildman–Crippen MR) is 113 cm³/mol. The molecule has 2 aliphatic rings. The van der Waals surface area contributed by atoms with E-state index in [0.29, 0.717) is 18.9 Å². The minimum atomic E-state index is -0.0444. The van der Waals surface area contributed by atoms with Crippen molar-refractivity contribution in [2.45, 2.75) is 64.3 Å². The molecule has 5 heteroatoms. The fourth-order valence-electron chi connectivity index (χ4n) is 4.36. The molecule has 0 spiro atoms. The van der Waals surface area contributed by atoms with E-state index < -0.39 is 0 Å². The second kappa shape index (κ2) is 10.5. The van der Waals surface area contributed by atoms with E-state index in [9.17, 15) is 9.59 Å². The maximum Gasteiger partial charge on any atom is 0.242 e. The summed E-state index contributed by atoms with van der Waals surface area (Å²) in [5, 5.41) is 2.81. The Kier molecular flexibility index (Phi) is 7.75. The number of amides is 2. The number of likely N-dealkylation sites (N-methyl/N-ethyl adjacent to an activating group) is 1. The quantitative estimate of drug-likeness (QED) is 0.778. The van der Waals surface area contributed by atoms with Crippen LogP contribution in [0.3, 0.4) is 0 Å². The number of benzene rings is 1. The highest BCUT2D eigenvalue weighted by atomic mass is 16.2. The van der Waals surface area contributed by atoms with Gasteiger partial charge in [-0.15, -0.1) is 0 Å². The molecule has 3 rings (SSSR count). The number of piperidine rings is 1. The van der Waals surface area contributed by atoms with Crippen LogP contribution >= 0.6 is 0 Å². The molecule has 0 bridgehead atoms. The maximum absolute atomic E-state index is 12.4. The molecule has 1 aliphatic heterocycles. The lowest BCUT2D eigenvalue weighted by Gasteiger charge is -2.29. The predicted octanol–water partition coefficient (Wildman–Crippen LogP) is 3.72. The van der Waals surface area contributed by atoms with Crippen molar-refractivity contribution in [3.8, 4) is 0 Å². The summed E-state index contributed by atoms with van der Waals surface area (Å²) in [6.45, 7) is 2.93. The van der Waals surface area contributed by atoms with E-state index in [4.69, 9.17) is 0 Å². The van der Waals surface area contributed by atoms with Gasteiger partial charge in [-0.2, -0.15) is 0 Å². The zero-order valence-electron chi connectivity index (χ0n) is 17.3. The number of carbonyl (C=O) groups is 2. The van der Waals surface area contributed by atoms with Gasteiger partial charge in [-0.25, -0.2) is 0 Å². The highest BCUT2D eigenvalue weighted by Crippen LogP contribution is 2.26. The van der Waals surface area contributed by atoms with E-state index in [1.54, 1.807) is 11.9 Å². The molecule has 28 heavy (non-hydrogen) atoms. The fourth-order valence-corrected chi connectivity index (χ4v) is 4.36. The number of nitrogens with zero attached hydrogens (tertiary/aromatic N) is 2. The van der Waals surface area contributed by atoms with E-state index >= 15 is 0 Å². The van der Waals surface area contributed by atoms with Crippen LogP contribution in [0.1, 0.15) is 63.4 Å². The monoisotopic (exact) mass is 385 g/mol. The molecule has 2 amide bonds. The summed E-state index contributed by atoms with van der Waals surface area (Å²) in [5.41, 5.74) is 2.39. The Morgan fingerprint density at radius 1 is 1.00 bits per heavy atom. The van der Waals surface area contributed by atoms with Gasteiger partial charge < -0.3 is 15.1 Å². The molecule has 0 unspecified atom stereocenters. The Bertz CT molecular complexity index is 632. The summed E-state index contributed by atoms with van der Waals surface area (Å²) in [7, 11) is 1.80. The lowest BCUT2D eigenvalue weighted by atomic mass is 9.87. The van der Waals surface area contributed by atoms with Crippen LogP contribution in [0.15, 0.2) is 24.3 Å². The van der Waals surface area contributed by atoms with Crippen molar-refractivity contribution in [3.63, 3.8) is 0 Å². The molecule has 1 aliphatic carbocycles. The van der Waals surface area contributed by atoms with Crippen molar-refractivity contribution in [2.24, 2.45) is 5.92 Å². The number of nitrogens with one attached hydrogen (secondary N) is 1. The number of hydrogen-bond acceptors (Lipinski definition) is 3. The number of carbonyl (C=O) groups excluding carboxylic acids is 2. The first-order valence-electron chi connectivity index (χ1n) is 11.0. The van der Waals surface area contributed by atoms with E-state index in [2.05, 4.69) is 34.5 Å². The standard InChI is InChI=1S/C23H35N3O2/c1-25(23(28)17-24-22(27)16-19-8-4-2-5-9-19)18-20-10-12-21(13-11-20)26-14-6-3-7-15-26/h10-13,19H,2-9,14-18H2,1H3,(H,24,27).